The molecule has 2 aliphatic rings. The fourth-order valence-electron chi connectivity index (χ4n) is 4.88. The molecule has 0 spiro atoms. The minimum atomic E-state index is 0.00573. The summed E-state index contributed by atoms with van der Waals surface area (Å²) in [5, 5.41) is 3.12. The molecule has 0 unspecified atom stereocenters. The molecule has 1 aliphatic heterocycles. The van der Waals surface area contributed by atoms with Crippen LogP contribution < -0.4 is 5.32 Å². The predicted octanol–water partition coefficient (Wildman–Crippen LogP) is 6.32. The largest absolute Gasteiger partial charge is 0.322 e. The maximum absolute atomic E-state index is 13.0. The van der Waals surface area contributed by atoms with Crippen molar-refractivity contribution in [3.05, 3.63) is 94.6 Å². The van der Waals surface area contributed by atoms with Gasteiger partial charge < -0.3 is 9.80 Å². The molecule has 3 aromatic carbocycles. The fourth-order valence-corrected chi connectivity index (χ4v) is 6.22. The Kier molecular flexibility index (Phi) is 6.62. The summed E-state index contributed by atoms with van der Waals surface area (Å²) < 4.78 is 1.11. The van der Waals surface area contributed by atoms with Crippen molar-refractivity contribution in [2.24, 2.45) is 0 Å². The third-order valence-corrected chi connectivity index (χ3v) is 8.09. The molecular formula is C30H33N2OS+. The summed E-state index contributed by atoms with van der Waals surface area (Å²) in [6.45, 7) is 5.61. The van der Waals surface area contributed by atoms with Gasteiger partial charge >= 0.3 is 0 Å². The molecule has 5 rings (SSSR count). The van der Waals surface area contributed by atoms with E-state index in [9.17, 15) is 4.79 Å². The molecule has 0 aromatic heterocycles. The van der Waals surface area contributed by atoms with Crippen molar-refractivity contribution in [1.82, 2.24) is 0 Å². The van der Waals surface area contributed by atoms with Crippen LogP contribution in [0.1, 0.15) is 28.7 Å². The Labute approximate surface area is 207 Å². The second-order valence-electron chi connectivity index (χ2n) is 9.94. The third-order valence-electron chi connectivity index (χ3n) is 7.14. The SMILES string of the molecule is Cc1ccc(-c2ccc3c(c2)C=C(C(=O)Nc2ccc(C[N+]4(C)CCSCC4)cc2)CC3)cc1. The number of amides is 1. The number of benzene rings is 3. The van der Waals surface area contributed by atoms with Crippen LogP contribution in [0.2, 0.25) is 0 Å². The lowest BCUT2D eigenvalue weighted by molar-refractivity contribution is -0.919. The van der Waals surface area contributed by atoms with Crippen molar-refractivity contribution in [2.75, 3.05) is 37.0 Å². The summed E-state index contributed by atoms with van der Waals surface area (Å²) in [6.07, 6.45) is 3.74. The van der Waals surface area contributed by atoms with E-state index in [4.69, 9.17) is 0 Å². The number of thioether (sulfide) groups is 1. The molecular weight excluding hydrogens is 436 g/mol. The van der Waals surface area contributed by atoms with E-state index in [1.54, 1.807) is 0 Å². The first-order valence-corrected chi connectivity index (χ1v) is 13.4. The number of nitrogens with one attached hydrogen (secondary N) is 1. The highest BCUT2D eigenvalue weighted by Gasteiger charge is 2.25. The number of nitrogens with zero attached hydrogens (tertiary/aromatic N) is 1. The molecule has 1 saturated heterocycles. The summed E-state index contributed by atoms with van der Waals surface area (Å²) in [4.78, 5) is 13.0. The lowest BCUT2D eigenvalue weighted by atomic mass is 9.89. The molecule has 174 valence electrons. The number of carbonyl (C=O) groups is 1. The molecule has 1 amide bonds. The second kappa shape index (κ2) is 9.81. The number of anilines is 1. The molecule has 0 bridgehead atoms. The quantitative estimate of drug-likeness (QED) is 0.443. The highest BCUT2D eigenvalue weighted by atomic mass is 32.2. The van der Waals surface area contributed by atoms with Gasteiger partial charge in [0.2, 0.25) is 0 Å². The lowest BCUT2D eigenvalue weighted by Gasteiger charge is -2.37. The molecule has 3 nitrogen and oxygen atoms in total. The highest BCUT2D eigenvalue weighted by Crippen LogP contribution is 2.30. The fraction of sp³-hybridized carbons (Fsp3) is 0.300. The summed E-state index contributed by atoms with van der Waals surface area (Å²) >= 11 is 2.06. The molecule has 1 aliphatic carbocycles. The summed E-state index contributed by atoms with van der Waals surface area (Å²) in [5.74, 6) is 2.50. The van der Waals surface area contributed by atoms with E-state index < -0.39 is 0 Å². The maximum atomic E-state index is 13.0. The Morgan fingerprint density at radius 3 is 2.35 bits per heavy atom. The number of hydrogen-bond acceptors (Lipinski definition) is 2. The number of aryl methyl sites for hydroxylation is 2. The lowest BCUT2D eigenvalue weighted by Crippen LogP contribution is -2.48. The van der Waals surface area contributed by atoms with Gasteiger partial charge in [-0.3, -0.25) is 4.79 Å². The first-order chi connectivity index (χ1) is 16.5. The van der Waals surface area contributed by atoms with Crippen molar-refractivity contribution in [3.8, 4) is 11.1 Å². The van der Waals surface area contributed by atoms with E-state index in [0.717, 1.165) is 40.7 Å². The van der Waals surface area contributed by atoms with Gasteiger partial charge in [-0.1, -0.05) is 54.1 Å². The molecule has 3 aromatic rings. The van der Waals surface area contributed by atoms with Gasteiger partial charge in [0, 0.05) is 28.3 Å². The van der Waals surface area contributed by atoms with Crippen LogP contribution in [-0.2, 0) is 17.8 Å². The van der Waals surface area contributed by atoms with Gasteiger partial charge in [-0.25, -0.2) is 0 Å². The van der Waals surface area contributed by atoms with Crippen LogP contribution in [0.15, 0.2) is 72.3 Å². The van der Waals surface area contributed by atoms with Crippen molar-refractivity contribution in [2.45, 2.75) is 26.3 Å². The molecule has 1 N–H and O–H groups in total. The summed E-state index contributed by atoms with van der Waals surface area (Å²) in [5.41, 5.74) is 9.17. The highest BCUT2D eigenvalue weighted by molar-refractivity contribution is 7.99. The number of hydrogen-bond donors (Lipinski definition) is 1. The van der Waals surface area contributed by atoms with Crippen LogP contribution in [0.25, 0.3) is 17.2 Å². The average molecular weight is 470 g/mol. The zero-order valence-corrected chi connectivity index (χ0v) is 21.0. The van der Waals surface area contributed by atoms with Crippen molar-refractivity contribution >= 4 is 29.4 Å². The maximum Gasteiger partial charge on any atom is 0.251 e. The van der Waals surface area contributed by atoms with Crippen LogP contribution in [0.5, 0.6) is 0 Å². The van der Waals surface area contributed by atoms with Gasteiger partial charge in [0.05, 0.1) is 20.1 Å². The van der Waals surface area contributed by atoms with Crippen molar-refractivity contribution < 1.29 is 9.28 Å². The predicted molar refractivity (Wildman–Crippen MR) is 145 cm³/mol. The van der Waals surface area contributed by atoms with E-state index in [0.29, 0.717) is 0 Å². The molecule has 0 saturated carbocycles. The van der Waals surface area contributed by atoms with E-state index in [2.05, 4.69) is 91.7 Å². The van der Waals surface area contributed by atoms with E-state index in [-0.39, 0.29) is 5.91 Å². The first-order valence-electron chi connectivity index (χ1n) is 12.2. The summed E-state index contributed by atoms with van der Waals surface area (Å²) in [7, 11) is 2.35. The zero-order chi connectivity index (χ0) is 23.5. The minimum Gasteiger partial charge on any atom is -0.322 e. The second-order valence-corrected chi connectivity index (χ2v) is 11.2. The number of rotatable bonds is 5. The average Bonchev–Trinajstić information content (AvgIpc) is 2.85. The number of carbonyl (C=O) groups excluding carboxylic acids is 1. The van der Waals surface area contributed by atoms with Crippen molar-refractivity contribution in [1.29, 1.82) is 0 Å². The van der Waals surface area contributed by atoms with Crippen LogP contribution >= 0.6 is 11.8 Å². The van der Waals surface area contributed by atoms with Crippen LogP contribution in [0, 0.1) is 6.92 Å². The molecule has 0 atom stereocenters. The van der Waals surface area contributed by atoms with E-state index in [1.807, 2.05) is 12.1 Å². The Hall–Kier alpha value is -2.82. The molecule has 1 fully saturated rings. The van der Waals surface area contributed by atoms with Gasteiger partial charge in [0.25, 0.3) is 5.91 Å². The first kappa shape index (κ1) is 22.9. The number of fused-ring (bicyclic) bond motifs is 1. The topological polar surface area (TPSA) is 29.1 Å². The zero-order valence-electron chi connectivity index (χ0n) is 20.1. The van der Waals surface area contributed by atoms with E-state index in [1.165, 1.54) is 52.4 Å². The van der Waals surface area contributed by atoms with E-state index >= 15 is 0 Å². The standard InChI is InChI=1S/C30H32N2OS/c1-22-3-7-24(8-4-22)26-11-9-25-10-12-27(20-28(25)19-26)30(33)31-29-13-5-23(6-14-29)21-32(2)15-17-34-18-16-32/h3-9,11,13-14,19-20H,10,12,15-18,21H2,1-2H3/p+1. The molecule has 1 heterocycles. The van der Waals surface area contributed by atoms with Crippen LogP contribution in [0.3, 0.4) is 0 Å². The Bertz CT molecular complexity index is 1210. The van der Waals surface area contributed by atoms with Gasteiger partial charge in [-0.2, -0.15) is 11.8 Å². The van der Waals surface area contributed by atoms with Gasteiger partial charge in [-0.05, 0) is 66.3 Å². The minimum absolute atomic E-state index is 0.00573. The Morgan fingerprint density at radius 2 is 1.62 bits per heavy atom. The Morgan fingerprint density at radius 1 is 0.912 bits per heavy atom. The van der Waals surface area contributed by atoms with Gasteiger partial charge in [0.15, 0.2) is 0 Å². The smallest absolute Gasteiger partial charge is 0.251 e. The molecule has 0 radical (unpaired) electrons. The normalized spacial score (nSPS) is 16.9. The molecule has 4 heteroatoms. The Balaban J connectivity index is 1.27. The molecule has 34 heavy (non-hydrogen) atoms. The monoisotopic (exact) mass is 469 g/mol. The van der Waals surface area contributed by atoms with Crippen molar-refractivity contribution in [3.63, 3.8) is 0 Å². The van der Waals surface area contributed by atoms with Crippen LogP contribution in [0.4, 0.5) is 5.69 Å². The van der Waals surface area contributed by atoms with Crippen LogP contribution in [-0.4, -0.2) is 42.0 Å². The third kappa shape index (κ3) is 5.29. The summed E-state index contributed by atoms with van der Waals surface area (Å²) in [6, 6.07) is 23.6. The number of quaternary nitrogens is 1. The van der Waals surface area contributed by atoms with Gasteiger partial charge in [0.1, 0.15) is 6.54 Å². The van der Waals surface area contributed by atoms with Gasteiger partial charge in [-0.15, -0.1) is 0 Å².